The largest absolute Gasteiger partial charge is 0.417 e. The lowest BCUT2D eigenvalue weighted by atomic mass is 10.2. The summed E-state index contributed by atoms with van der Waals surface area (Å²) in [5.41, 5.74) is -0.937. The van der Waals surface area contributed by atoms with Crippen molar-refractivity contribution in [1.29, 1.82) is 0 Å². The topological polar surface area (TPSA) is 0 Å². The zero-order valence-corrected chi connectivity index (χ0v) is 9.02. The van der Waals surface area contributed by atoms with Gasteiger partial charge >= 0.3 is 6.18 Å². The van der Waals surface area contributed by atoms with E-state index >= 15 is 0 Å². The van der Waals surface area contributed by atoms with Crippen LogP contribution in [0.2, 0.25) is 10.0 Å². The molecule has 0 nitrogen and oxygen atoms in total. The molecule has 1 rings (SSSR count). The molecule has 0 bridgehead atoms. The van der Waals surface area contributed by atoms with Crippen molar-refractivity contribution >= 4 is 39.1 Å². The molecule has 0 aromatic heterocycles. The molecule has 1 aromatic rings. The van der Waals surface area contributed by atoms with E-state index in [1.54, 1.807) is 0 Å². The van der Waals surface area contributed by atoms with Crippen LogP contribution in [0.25, 0.3) is 0 Å². The van der Waals surface area contributed by atoms with Crippen molar-refractivity contribution in [3.63, 3.8) is 0 Å². The molecule has 0 aliphatic rings. The molecule has 0 aliphatic heterocycles. The highest BCUT2D eigenvalue weighted by atomic mass is 79.9. The zero-order valence-electron chi connectivity index (χ0n) is 5.92. The lowest BCUT2D eigenvalue weighted by Crippen LogP contribution is -2.05. The van der Waals surface area contributed by atoms with Gasteiger partial charge in [-0.3, -0.25) is 0 Å². The number of alkyl halides is 3. The monoisotopic (exact) mass is 292 g/mol. The van der Waals surface area contributed by atoms with Crippen molar-refractivity contribution in [2.45, 2.75) is 6.18 Å². The molecule has 72 valence electrons. The van der Waals surface area contributed by atoms with Gasteiger partial charge in [0.15, 0.2) is 0 Å². The molecule has 0 radical (unpaired) electrons. The maximum atomic E-state index is 12.2. The smallest absolute Gasteiger partial charge is 0.166 e. The van der Waals surface area contributed by atoms with Crippen LogP contribution in [-0.2, 0) is 6.18 Å². The van der Waals surface area contributed by atoms with Gasteiger partial charge in [-0.15, -0.1) is 0 Å². The van der Waals surface area contributed by atoms with Gasteiger partial charge in [-0.2, -0.15) is 13.2 Å². The first-order valence-electron chi connectivity index (χ1n) is 3.04. The molecule has 0 spiro atoms. The molecule has 0 aliphatic carbocycles. The van der Waals surface area contributed by atoms with Crippen LogP contribution in [-0.4, -0.2) is 0 Å². The molecule has 0 unspecified atom stereocenters. The van der Waals surface area contributed by atoms with Gasteiger partial charge in [-0.25, -0.2) is 0 Å². The molecule has 0 N–H and O–H groups in total. The van der Waals surface area contributed by atoms with E-state index in [0.29, 0.717) is 0 Å². The average Bonchev–Trinajstić information content (AvgIpc) is 1.94. The highest BCUT2D eigenvalue weighted by molar-refractivity contribution is 9.10. The van der Waals surface area contributed by atoms with Crippen molar-refractivity contribution in [2.75, 3.05) is 0 Å². The minimum absolute atomic E-state index is 0.0106. The van der Waals surface area contributed by atoms with E-state index in [0.717, 1.165) is 6.07 Å². The predicted octanol–water partition coefficient (Wildman–Crippen LogP) is 4.77. The molecular weight excluding hydrogens is 292 g/mol. The van der Waals surface area contributed by atoms with Gasteiger partial charge in [0.25, 0.3) is 0 Å². The molecule has 0 heterocycles. The number of rotatable bonds is 0. The summed E-state index contributed by atoms with van der Waals surface area (Å²) in [4.78, 5) is 0. The van der Waals surface area contributed by atoms with E-state index in [9.17, 15) is 13.2 Å². The molecule has 6 heteroatoms. The molecular formula is C7H2BrCl2F3. The summed E-state index contributed by atoms with van der Waals surface area (Å²) >= 11 is 13.7. The summed E-state index contributed by atoms with van der Waals surface area (Å²) in [6.45, 7) is 0. The fourth-order valence-electron chi connectivity index (χ4n) is 0.762. The van der Waals surface area contributed by atoms with Gasteiger partial charge in [-0.05, 0) is 28.1 Å². The van der Waals surface area contributed by atoms with Crippen LogP contribution in [0.4, 0.5) is 13.2 Å². The van der Waals surface area contributed by atoms with Crippen molar-refractivity contribution in [3.05, 3.63) is 32.2 Å². The van der Waals surface area contributed by atoms with Crippen LogP contribution in [0.3, 0.4) is 0 Å². The van der Waals surface area contributed by atoms with E-state index in [4.69, 9.17) is 23.2 Å². The highest BCUT2D eigenvalue weighted by Gasteiger charge is 2.34. The first kappa shape index (κ1) is 11.1. The Kier molecular flexibility index (Phi) is 3.15. The number of hydrogen-bond acceptors (Lipinski definition) is 0. The van der Waals surface area contributed by atoms with Gasteiger partial charge in [0.2, 0.25) is 0 Å². The second-order valence-electron chi connectivity index (χ2n) is 2.25. The Hall–Kier alpha value is 0.0700. The maximum Gasteiger partial charge on any atom is 0.417 e. The highest BCUT2D eigenvalue weighted by Crippen LogP contribution is 2.39. The third-order valence-corrected chi connectivity index (χ3v) is 2.78. The molecule has 0 saturated heterocycles. The van der Waals surface area contributed by atoms with Gasteiger partial charge in [0.1, 0.15) is 0 Å². The van der Waals surface area contributed by atoms with Crippen molar-refractivity contribution < 1.29 is 13.2 Å². The van der Waals surface area contributed by atoms with Crippen LogP contribution >= 0.6 is 39.1 Å². The third-order valence-electron chi connectivity index (χ3n) is 1.30. The van der Waals surface area contributed by atoms with Crippen LogP contribution in [0.1, 0.15) is 5.56 Å². The van der Waals surface area contributed by atoms with E-state index in [1.807, 2.05) is 0 Å². The Morgan fingerprint density at radius 1 is 1.15 bits per heavy atom. The number of halogens is 6. The van der Waals surface area contributed by atoms with E-state index < -0.39 is 11.7 Å². The van der Waals surface area contributed by atoms with Gasteiger partial charge in [0.05, 0.1) is 10.6 Å². The molecule has 0 atom stereocenters. The fraction of sp³-hybridized carbons (Fsp3) is 0.143. The Balaban J connectivity index is 3.37. The van der Waals surface area contributed by atoms with Gasteiger partial charge in [-0.1, -0.05) is 23.2 Å². The minimum Gasteiger partial charge on any atom is -0.166 e. The van der Waals surface area contributed by atoms with E-state index in [-0.39, 0.29) is 14.5 Å². The average molecular weight is 294 g/mol. The SMILES string of the molecule is FC(F)(F)c1cc(Cl)cc(Br)c1Cl. The lowest BCUT2D eigenvalue weighted by Gasteiger charge is -2.10. The maximum absolute atomic E-state index is 12.2. The van der Waals surface area contributed by atoms with Crippen LogP contribution in [0.15, 0.2) is 16.6 Å². The lowest BCUT2D eigenvalue weighted by molar-refractivity contribution is -0.137. The first-order valence-corrected chi connectivity index (χ1v) is 4.59. The van der Waals surface area contributed by atoms with Crippen molar-refractivity contribution in [1.82, 2.24) is 0 Å². The molecule has 0 amide bonds. The molecule has 0 fully saturated rings. The van der Waals surface area contributed by atoms with E-state index in [2.05, 4.69) is 15.9 Å². The Bertz CT molecular complexity index is 335. The quantitative estimate of drug-likeness (QED) is 0.604. The van der Waals surface area contributed by atoms with Gasteiger partial charge < -0.3 is 0 Å². The van der Waals surface area contributed by atoms with Crippen LogP contribution < -0.4 is 0 Å². The first-order chi connectivity index (χ1) is 5.82. The minimum atomic E-state index is -4.48. The standard InChI is InChI=1S/C7H2BrCl2F3/c8-5-2-3(9)1-4(6(5)10)7(11,12)13/h1-2H. The Morgan fingerprint density at radius 3 is 2.15 bits per heavy atom. The second kappa shape index (κ2) is 3.67. The fourth-order valence-corrected chi connectivity index (χ4v) is 1.79. The molecule has 0 saturated carbocycles. The normalized spacial score (nSPS) is 11.8. The summed E-state index contributed by atoms with van der Waals surface area (Å²) in [6, 6.07) is 2.09. The summed E-state index contributed by atoms with van der Waals surface area (Å²) in [5.74, 6) is 0. The molecule has 13 heavy (non-hydrogen) atoms. The molecule has 1 aromatic carbocycles. The number of benzene rings is 1. The third kappa shape index (κ3) is 2.51. The van der Waals surface area contributed by atoms with Crippen LogP contribution in [0, 0.1) is 0 Å². The Morgan fingerprint density at radius 2 is 1.69 bits per heavy atom. The van der Waals surface area contributed by atoms with Crippen molar-refractivity contribution in [2.24, 2.45) is 0 Å². The Labute approximate surface area is 90.8 Å². The second-order valence-corrected chi connectivity index (χ2v) is 3.92. The van der Waals surface area contributed by atoms with Crippen LogP contribution in [0.5, 0.6) is 0 Å². The number of hydrogen-bond donors (Lipinski definition) is 0. The van der Waals surface area contributed by atoms with Gasteiger partial charge in [0, 0.05) is 9.50 Å². The zero-order chi connectivity index (χ0) is 10.2. The summed E-state index contributed by atoms with van der Waals surface area (Å²) in [6.07, 6.45) is -4.48. The van der Waals surface area contributed by atoms with Crippen molar-refractivity contribution in [3.8, 4) is 0 Å². The predicted molar refractivity (Wildman–Crippen MR) is 49.2 cm³/mol. The summed E-state index contributed by atoms with van der Waals surface area (Å²) in [5, 5.41) is -0.388. The van der Waals surface area contributed by atoms with E-state index in [1.165, 1.54) is 6.07 Å². The summed E-state index contributed by atoms with van der Waals surface area (Å²) < 4.78 is 36.9. The summed E-state index contributed by atoms with van der Waals surface area (Å²) in [7, 11) is 0.